The van der Waals surface area contributed by atoms with Gasteiger partial charge in [-0.3, -0.25) is 9.89 Å². The Morgan fingerprint density at radius 1 is 1.07 bits per heavy atom. The summed E-state index contributed by atoms with van der Waals surface area (Å²) in [6, 6.07) is 16.9. The van der Waals surface area contributed by atoms with Crippen molar-refractivity contribution in [3.05, 3.63) is 82.5 Å². The second-order valence-corrected chi connectivity index (χ2v) is 9.22. The number of anilines is 1. The molecule has 0 aliphatic carbocycles. The van der Waals surface area contributed by atoms with E-state index in [1.54, 1.807) is 12.1 Å². The monoisotopic (exact) mass is 410 g/mol. The fourth-order valence-electron chi connectivity index (χ4n) is 3.35. The summed E-state index contributed by atoms with van der Waals surface area (Å²) in [7, 11) is -3.48. The fraction of sp³-hybridized carbons (Fsp3) is 0.238. The lowest BCUT2D eigenvalue weighted by atomic mass is 10.1. The maximum atomic E-state index is 12.8. The van der Waals surface area contributed by atoms with Crippen molar-refractivity contribution in [1.29, 1.82) is 0 Å². The minimum atomic E-state index is -3.48. The standard InChI is InChI=1S/C21H22N4O3S/c1-15-7-9-16(10-8-15)11-20(26)22-21-18-12-25(13-19(18)23-24-21)29(27,28)14-17-5-3-2-4-6-17/h2-10H,11-14H2,1H3,(H2,22,23,24,26). The Balaban J connectivity index is 1.42. The Morgan fingerprint density at radius 3 is 2.52 bits per heavy atom. The van der Waals surface area contributed by atoms with Crippen LogP contribution in [-0.2, 0) is 40.1 Å². The highest BCUT2D eigenvalue weighted by Gasteiger charge is 2.33. The zero-order valence-corrected chi connectivity index (χ0v) is 16.9. The minimum absolute atomic E-state index is 0.0549. The number of hydrogen-bond donors (Lipinski definition) is 2. The van der Waals surface area contributed by atoms with E-state index in [1.165, 1.54) is 4.31 Å². The molecule has 0 bridgehead atoms. The van der Waals surface area contributed by atoms with Crippen molar-refractivity contribution >= 4 is 21.7 Å². The highest BCUT2D eigenvalue weighted by Crippen LogP contribution is 2.30. The van der Waals surface area contributed by atoms with Crippen LogP contribution < -0.4 is 5.32 Å². The molecule has 150 valence electrons. The average molecular weight is 410 g/mol. The Kier molecular flexibility index (Phi) is 5.21. The number of hydrogen-bond acceptors (Lipinski definition) is 4. The lowest BCUT2D eigenvalue weighted by molar-refractivity contribution is -0.115. The van der Waals surface area contributed by atoms with Crippen molar-refractivity contribution < 1.29 is 13.2 Å². The highest BCUT2D eigenvalue weighted by atomic mass is 32.2. The van der Waals surface area contributed by atoms with Gasteiger partial charge >= 0.3 is 0 Å². The number of benzene rings is 2. The third-order valence-electron chi connectivity index (χ3n) is 4.95. The van der Waals surface area contributed by atoms with Gasteiger partial charge in [-0.15, -0.1) is 0 Å². The quantitative estimate of drug-likeness (QED) is 0.653. The van der Waals surface area contributed by atoms with Gasteiger partial charge < -0.3 is 5.32 Å². The largest absolute Gasteiger partial charge is 0.309 e. The van der Waals surface area contributed by atoms with Crippen LogP contribution in [0.25, 0.3) is 0 Å². The minimum Gasteiger partial charge on any atom is -0.309 e. The molecule has 3 aromatic rings. The summed E-state index contributed by atoms with van der Waals surface area (Å²) < 4.78 is 27.0. The Labute approximate surface area is 169 Å². The number of fused-ring (bicyclic) bond motifs is 1. The molecule has 2 aromatic carbocycles. The van der Waals surface area contributed by atoms with Crippen LogP contribution >= 0.6 is 0 Å². The number of nitrogens with one attached hydrogen (secondary N) is 2. The molecule has 0 fully saturated rings. The lowest BCUT2D eigenvalue weighted by Gasteiger charge is -2.16. The van der Waals surface area contributed by atoms with Gasteiger partial charge in [0.2, 0.25) is 15.9 Å². The summed E-state index contributed by atoms with van der Waals surface area (Å²) in [4.78, 5) is 12.4. The van der Waals surface area contributed by atoms with E-state index in [0.717, 1.165) is 22.3 Å². The van der Waals surface area contributed by atoms with Crippen LogP contribution in [0.3, 0.4) is 0 Å². The molecule has 1 aliphatic heterocycles. The normalized spacial score (nSPS) is 14.0. The zero-order valence-electron chi connectivity index (χ0n) is 16.1. The summed E-state index contributed by atoms with van der Waals surface area (Å²) in [5, 5.41) is 9.82. The Bertz CT molecular complexity index is 1120. The first kappa shape index (κ1) is 19.4. The van der Waals surface area contributed by atoms with Crippen molar-refractivity contribution in [3.63, 3.8) is 0 Å². The van der Waals surface area contributed by atoms with Gasteiger partial charge in [0.05, 0.1) is 24.4 Å². The summed E-state index contributed by atoms with van der Waals surface area (Å²) in [5.41, 5.74) is 4.22. The van der Waals surface area contributed by atoms with Gasteiger partial charge in [0.1, 0.15) is 0 Å². The van der Waals surface area contributed by atoms with Crippen LogP contribution in [0.2, 0.25) is 0 Å². The number of carbonyl (C=O) groups is 1. The third-order valence-corrected chi connectivity index (χ3v) is 6.69. The predicted molar refractivity (Wildman–Crippen MR) is 110 cm³/mol. The second kappa shape index (κ2) is 7.81. The molecule has 1 aromatic heterocycles. The highest BCUT2D eigenvalue weighted by molar-refractivity contribution is 7.88. The van der Waals surface area contributed by atoms with Crippen LogP contribution in [0.4, 0.5) is 5.82 Å². The van der Waals surface area contributed by atoms with E-state index < -0.39 is 10.0 Å². The van der Waals surface area contributed by atoms with E-state index in [-0.39, 0.29) is 31.2 Å². The number of aromatic amines is 1. The van der Waals surface area contributed by atoms with Gasteiger partial charge in [0.15, 0.2) is 5.82 Å². The Morgan fingerprint density at radius 2 is 1.79 bits per heavy atom. The fourth-order valence-corrected chi connectivity index (χ4v) is 4.80. The van der Waals surface area contributed by atoms with Gasteiger partial charge in [-0.05, 0) is 18.1 Å². The van der Waals surface area contributed by atoms with Crippen molar-refractivity contribution in [1.82, 2.24) is 14.5 Å². The molecule has 2 heterocycles. The molecular formula is C21H22N4O3S. The molecule has 8 heteroatoms. The zero-order chi connectivity index (χ0) is 20.4. The molecule has 0 atom stereocenters. The summed E-state index contributed by atoms with van der Waals surface area (Å²) in [6.07, 6.45) is 0.234. The van der Waals surface area contributed by atoms with E-state index in [0.29, 0.717) is 11.5 Å². The summed E-state index contributed by atoms with van der Waals surface area (Å²) in [5.74, 6) is 0.156. The molecule has 0 radical (unpaired) electrons. The maximum absolute atomic E-state index is 12.8. The summed E-state index contributed by atoms with van der Waals surface area (Å²) in [6.45, 7) is 2.42. The van der Waals surface area contributed by atoms with Crippen LogP contribution in [0.15, 0.2) is 54.6 Å². The van der Waals surface area contributed by atoms with E-state index in [4.69, 9.17) is 0 Å². The van der Waals surface area contributed by atoms with Gasteiger partial charge in [-0.25, -0.2) is 8.42 Å². The van der Waals surface area contributed by atoms with Crippen LogP contribution in [-0.4, -0.2) is 28.8 Å². The lowest BCUT2D eigenvalue weighted by Crippen LogP contribution is -2.27. The average Bonchev–Trinajstić information content (AvgIpc) is 3.27. The number of aromatic nitrogens is 2. The van der Waals surface area contributed by atoms with E-state index in [2.05, 4.69) is 15.5 Å². The first-order valence-electron chi connectivity index (χ1n) is 9.34. The van der Waals surface area contributed by atoms with Crippen LogP contribution in [0.1, 0.15) is 27.9 Å². The molecule has 0 saturated heterocycles. The third kappa shape index (κ3) is 4.38. The first-order chi connectivity index (χ1) is 13.9. The SMILES string of the molecule is Cc1ccc(CC(=O)Nc2n[nH]c3c2CN(S(=O)(=O)Cc2ccccc2)C3)cc1. The molecule has 2 N–H and O–H groups in total. The number of aryl methyl sites for hydroxylation is 1. The number of amides is 1. The number of sulfonamides is 1. The molecule has 4 rings (SSSR count). The van der Waals surface area contributed by atoms with Crippen LogP contribution in [0.5, 0.6) is 0 Å². The molecule has 1 aliphatic rings. The number of H-pyrrole nitrogens is 1. The second-order valence-electron chi connectivity index (χ2n) is 7.25. The van der Waals surface area contributed by atoms with Crippen molar-refractivity contribution in [2.45, 2.75) is 32.2 Å². The molecule has 0 spiro atoms. The predicted octanol–water partition coefficient (Wildman–Crippen LogP) is 2.74. The van der Waals surface area contributed by atoms with Gasteiger partial charge in [0.25, 0.3) is 0 Å². The van der Waals surface area contributed by atoms with Crippen molar-refractivity contribution in [3.8, 4) is 0 Å². The number of nitrogens with zero attached hydrogens (tertiary/aromatic N) is 2. The molecule has 0 saturated carbocycles. The smallest absolute Gasteiger partial charge is 0.230 e. The topological polar surface area (TPSA) is 95.2 Å². The summed E-state index contributed by atoms with van der Waals surface area (Å²) >= 11 is 0. The number of carbonyl (C=O) groups excluding carboxylic acids is 1. The molecule has 29 heavy (non-hydrogen) atoms. The van der Waals surface area contributed by atoms with E-state index in [1.807, 2.05) is 49.4 Å². The van der Waals surface area contributed by atoms with Gasteiger partial charge in [0, 0.05) is 12.1 Å². The maximum Gasteiger partial charge on any atom is 0.230 e. The molecular weight excluding hydrogens is 388 g/mol. The van der Waals surface area contributed by atoms with Gasteiger partial charge in [-0.2, -0.15) is 9.40 Å². The molecule has 7 nitrogen and oxygen atoms in total. The molecule has 1 amide bonds. The molecule has 0 unspecified atom stereocenters. The van der Waals surface area contributed by atoms with Gasteiger partial charge in [-0.1, -0.05) is 60.2 Å². The van der Waals surface area contributed by atoms with E-state index >= 15 is 0 Å². The van der Waals surface area contributed by atoms with Crippen molar-refractivity contribution in [2.24, 2.45) is 0 Å². The number of rotatable bonds is 6. The van der Waals surface area contributed by atoms with E-state index in [9.17, 15) is 13.2 Å². The van der Waals surface area contributed by atoms with Crippen molar-refractivity contribution in [2.75, 3.05) is 5.32 Å². The Hall–Kier alpha value is -2.97. The first-order valence-corrected chi connectivity index (χ1v) is 10.9. The van der Waals surface area contributed by atoms with Crippen LogP contribution in [0, 0.1) is 6.92 Å².